The maximum absolute atomic E-state index is 6.19. The molecule has 0 spiro atoms. The smallest absolute Gasteiger partial charge is 0.00672 e. The van der Waals surface area contributed by atoms with E-state index in [1.807, 2.05) is 0 Å². The molecule has 0 aliphatic heterocycles. The second-order valence-corrected chi connectivity index (χ2v) is 5.42. The molecule has 1 aliphatic carbocycles. The van der Waals surface area contributed by atoms with E-state index in [2.05, 4.69) is 31.2 Å². The van der Waals surface area contributed by atoms with Crippen LogP contribution in [0.3, 0.4) is 0 Å². The van der Waals surface area contributed by atoms with Gasteiger partial charge < -0.3 is 5.73 Å². The predicted molar refractivity (Wildman–Crippen MR) is 74.1 cm³/mol. The molecule has 94 valence electrons. The lowest BCUT2D eigenvalue weighted by atomic mass is 9.81. The third-order valence-corrected chi connectivity index (χ3v) is 4.20. The van der Waals surface area contributed by atoms with Gasteiger partial charge in [0.05, 0.1) is 0 Å². The highest BCUT2D eigenvalue weighted by Gasteiger charge is 2.21. The van der Waals surface area contributed by atoms with Crippen LogP contribution in [-0.2, 0) is 12.8 Å². The van der Waals surface area contributed by atoms with Crippen molar-refractivity contribution in [2.24, 2.45) is 11.7 Å². The molecule has 1 fully saturated rings. The molecule has 1 saturated carbocycles. The minimum absolute atomic E-state index is 0.457. The van der Waals surface area contributed by atoms with E-state index >= 15 is 0 Å². The van der Waals surface area contributed by atoms with Gasteiger partial charge in [-0.3, -0.25) is 0 Å². The van der Waals surface area contributed by atoms with Crippen LogP contribution in [0.5, 0.6) is 0 Å². The van der Waals surface area contributed by atoms with E-state index in [0.29, 0.717) is 6.04 Å². The zero-order chi connectivity index (χ0) is 12.1. The Kier molecular flexibility index (Phi) is 4.61. The van der Waals surface area contributed by atoms with Gasteiger partial charge in [-0.1, -0.05) is 44.0 Å². The first-order chi connectivity index (χ1) is 8.29. The number of aryl methyl sites for hydroxylation is 2. The summed E-state index contributed by atoms with van der Waals surface area (Å²) in [6, 6.07) is 9.55. The lowest BCUT2D eigenvalue weighted by molar-refractivity contribution is 0.292. The molecule has 17 heavy (non-hydrogen) atoms. The monoisotopic (exact) mass is 231 g/mol. The van der Waals surface area contributed by atoms with Gasteiger partial charge in [-0.2, -0.15) is 0 Å². The Morgan fingerprint density at radius 3 is 2.35 bits per heavy atom. The fourth-order valence-electron chi connectivity index (χ4n) is 2.89. The van der Waals surface area contributed by atoms with Crippen LogP contribution in [0.1, 0.15) is 50.2 Å². The molecule has 0 aromatic heterocycles. The first-order valence-electron chi connectivity index (χ1n) is 7.13. The minimum atomic E-state index is 0.457. The highest BCUT2D eigenvalue weighted by molar-refractivity contribution is 5.22. The summed E-state index contributed by atoms with van der Waals surface area (Å²) in [7, 11) is 0. The van der Waals surface area contributed by atoms with Crippen molar-refractivity contribution in [1.29, 1.82) is 0 Å². The summed E-state index contributed by atoms with van der Waals surface area (Å²) < 4.78 is 0. The Morgan fingerprint density at radius 2 is 1.71 bits per heavy atom. The number of nitrogens with two attached hydrogens (primary N) is 1. The van der Waals surface area contributed by atoms with Crippen LogP contribution in [0.25, 0.3) is 0 Å². The molecule has 2 atom stereocenters. The van der Waals surface area contributed by atoms with Gasteiger partial charge in [0.15, 0.2) is 0 Å². The molecule has 1 nitrogen and oxygen atoms in total. The van der Waals surface area contributed by atoms with Crippen LogP contribution in [0.15, 0.2) is 24.3 Å². The van der Waals surface area contributed by atoms with Crippen molar-refractivity contribution in [3.05, 3.63) is 35.4 Å². The molecule has 1 aromatic carbocycles. The van der Waals surface area contributed by atoms with Crippen molar-refractivity contribution < 1.29 is 0 Å². The number of hydrogen-bond acceptors (Lipinski definition) is 1. The zero-order valence-corrected chi connectivity index (χ0v) is 11.0. The molecule has 0 amide bonds. The van der Waals surface area contributed by atoms with E-state index in [4.69, 9.17) is 5.73 Å². The second kappa shape index (κ2) is 6.20. The van der Waals surface area contributed by atoms with Gasteiger partial charge in [0.1, 0.15) is 0 Å². The van der Waals surface area contributed by atoms with E-state index in [1.54, 1.807) is 0 Å². The van der Waals surface area contributed by atoms with Crippen LogP contribution in [-0.4, -0.2) is 6.04 Å². The fraction of sp³-hybridized carbons (Fsp3) is 0.625. The fourth-order valence-corrected chi connectivity index (χ4v) is 2.89. The quantitative estimate of drug-likeness (QED) is 0.840. The molecule has 0 saturated heterocycles. The molecular weight excluding hydrogens is 206 g/mol. The summed E-state index contributed by atoms with van der Waals surface area (Å²) in [5.41, 5.74) is 9.09. The van der Waals surface area contributed by atoms with Gasteiger partial charge in [0, 0.05) is 6.04 Å². The maximum atomic E-state index is 6.19. The third kappa shape index (κ3) is 3.57. The largest absolute Gasteiger partial charge is 0.327 e. The highest BCUT2D eigenvalue weighted by Crippen LogP contribution is 2.26. The van der Waals surface area contributed by atoms with Crippen molar-refractivity contribution in [2.75, 3.05) is 0 Å². The third-order valence-electron chi connectivity index (χ3n) is 4.20. The molecule has 1 aliphatic rings. The predicted octanol–water partition coefficient (Wildman–Crippen LogP) is 3.70. The number of rotatable bonds is 4. The molecule has 1 heteroatoms. The SMILES string of the molecule is CCc1ccc(CCC2CCCCC2N)cc1. The number of hydrogen-bond donors (Lipinski definition) is 1. The molecule has 0 heterocycles. The molecule has 1 aromatic rings. The van der Waals surface area contributed by atoms with Crippen molar-refractivity contribution >= 4 is 0 Å². The normalized spacial score (nSPS) is 24.8. The number of benzene rings is 1. The molecule has 0 radical (unpaired) electrons. The summed E-state index contributed by atoms with van der Waals surface area (Å²) in [5, 5.41) is 0. The van der Waals surface area contributed by atoms with Crippen LogP contribution in [0, 0.1) is 5.92 Å². The highest BCUT2D eigenvalue weighted by atomic mass is 14.7. The summed E-state index contributed by atoms with van der Waals surface area (Å²) in [5.74, 6) is 0.759. The Labute approximate surface area is 105 Å². The standard InChI is InChI=1S/C16H25N/c1-2-13-7-9-14(10-8-13)11-12-15-5-3-4-6-16(15)17/h7-10,15-16H,2-6,11-12,17H2,1H3. The van der Waals surface area contributed by atoms with Gasteiger partial charge in [0.25, 0.3) is 0 Å². The van der Waals surface area contributed by atoms with Gasteiger partial charge in [0.2, 0.25) is 0 Å². The Bertz CT molecular complexity index is 328. The Balaban J connectivity index is 1.84. The maximum Gasteiger partial charge on any atom is 0.00672 e. The van der Waals surface area contributed by atoms with Crippen LogP contribution in [0.4, 0.5) is 0 Å². The Morgan fingerprint density at radius 1 is 1.06 bits per heavy atom. The van der Waals surface area contributed by atoms with Crippen LogP contribution >= 0.6 is 0 Å². The summed E-state index contributed by atoms with van der Waals surface area (Å²) in [4.78, 5) is 0. The van der Waals surface area contributed by atoms with Crippen molar-refractivity contribution in [3.8, 4) is 0 Å². The van der Waals surface area contributed by atoms with E-state index in [0.717, 1.165) is 12.3 Å². The van der Waals surface area contributed by atoms with Gasteiger partial charge in [-0.25, -0.2) is 0 Å². The van der Waals surface area contributed by atoms with Gasteiger partial charge in [-0.05, 0) is 49.1 Å². The summed E-state index contributed by atoms with van der Waals surface area (Å²) in [6.07, 6.45) is 8.90. The minimum Gasteiger partial charge on any atom is -0.327 e. The lowest BCUT2D eigenvalue weighted by Gasteiger charge is -2.28. The molecule has 2 N–H and O–H groups in total. The van der Waals surface area contributed by atoms with E-state index in [1.165, 1.54) is 49.7 Å². The van der Waals surface area contributed by atoms with E-state index < -0.39 is 0 Å². The average Bonchev–Trinajstić information content (AvgIpc) is 2.38. The molecule has 0 bridgehead atoms. The zero-order valence-electron chi connectivity index (χ0n) is 11.0. The molecule has 2 unspecified atom stereocenters. The molecular formula is C16H25N. The van der Waals surface area contributed by atoms with E-state index in [-0.39, 0.29) is 0 Å². The van der Waals surface area contributed by atoms with Crippen LogP contribution < -0.4 is 5.73 Å². The first kappa shape index (κ1) is 12.6. The van der Waals surface area contributed by atoms with Crippen molar-refractivity contribution in [2.45, 2.75) is 57.9 Å². The topological polar surface area (TPSA) is 26.0 Å². The summed E-state index contributed by atoms with van der Waals surface area (Å²) >= 11 is 0. The summed E-state index contributed by atoms with van der Waals surface area (Å²) in [6.45, 7) is 2.20. The van der Waals surface area contributed by atoms with Crippen molar-refractivity contribution in [3.63, 3.8) is 0 Å². The van der Waals surface area contributed by atoms with Crippen LogP contribution in [0.2, 0.25) is 0 Å². The van der Waals surface area contributed by atoms with Gasteiger partial charge >= 0.3 is 0 Å². The van der Waals surface area contributed by atoms with E-state index in [9.17, 15) is 0 Å². The average molecular weight is 231 g/mol. The lowest BCUT2D eigenvalue weighted by Crippen LogP contribution is -2.33. The molecule has 2 rings (SSSR count). The first-order valence-corrected chi connectivity index (χ1v) is 7.13. The van der Waals surface area contributed by atoms with Gasteiger partial charge in [-0.15, -0.1) is 0 Å². The van der Waals surface area contributed by atoms with Crippen molar-refractivity contribution in [1.82, 2.24) is 0 Å². The second-order valence-electron chi connectivity index (χ2n) is 5.42. The Hall–Kier alpha value is -0.820.